The van der Waals surface area contributed by atoms with Crippen molar-refractivity contribution in [2.75, 3.05) is 30.1 Å². The van der Waals surface area contributed by atoms with Gasteiger partial charge in [-0.3, -0.25) is 5.32 Å². The van der Waals surface area contributed by atoms with Crippen LogP contribution in [0.2, 0.25) is 0 Å². The topological polar surface area (TPSA) is 62.4 Å². The first-order valence-electron chi connectivity index (χ1n) is 6.77. The maximum absolute atomic E-state index is 12.9. The summed E-state index contributed by atoms with van der Waals surface area (Å²) in [5.41, 5.74) is 3.24. The molecule has 2 aromatic rings. The second kappa shape index (κ2) is 7.31. The van der Waals surface area contributed by atoms with E-state index in [2.05, 4.69) is 20.7 Å². The van der Waals surface area contributed by atoms with Gasteiger partial charge in [-0.15, -0.1) is 0 Å². The predicted octanol–water partition coefficient (Wildman–Crippen LogP) is 3.66. The molecule has 0 saturated heterocycles. The van der Waals surface area contributed by atoms with Crippen molar-refractivity contribution in [2.24, 2.45) is 0 Å². The van der Waals surface area contributed by atoms with Crippen LogP contribution in [-0.4, -0.2) is 20.3 Å². The Morgan fingerprint density at radius 2 is 1.86 bits per heavy atom. The summed E-state index contributed by atoms with van der Waals surface area (Å²) in [6.07, 6.45) is -0.525. The number of hydrogen-bond donors (Lipinski definition) is 3. The highest BCUT2D eigenvalue weighted by Crippen LogP contribution is 2.26. The second-order valence-corrected chi connectivity index (χ2v) is 4.61. The zero-order valence-corrected chi connectivity index (χ0v) is 12.4. The van der Waals surface area contributed by atoms with Crippen molar-refractivity contribution in [3.05, 3.63) is 53.8 Å². The fourth-order valence-corrected chi connectivity index (χ4v) is 1.94. The Balaban J connectivity index is 2.05. The molecular weight excluding hydrogens is 285 g/mol. The van der Waals surface area contributed by atoms with E-state index in [1.54, 1.807) is 25.2 Å². The van der Waals surface area contributed by atoms with Crippen LogP contribution in [0.1, 0.15) is 5.56 Å². The summed E-state index contributed by atoms with van der Waals surface area (Å²) in [6.45, 7) is 0.577. The van der Waals surface area contributed by atoms with Crippen molar-refractivity contribution in [1.29, 1.82) is 0 Å². The average molecular weight is 303 g/mol. The molecule has 0 radical (unpaired) electrons. The first kappa shape index (κ1) is 15.6. The molecule has 0 aliphatic heterocycles. The Kier molecular flexibility index (Phi) is 5.19. The van der Waals surface area contributed by atoms with E-state index in [1.807, 2.05) is 12.1 Å². The lowest BCUT2D eigenvalue weighted by Crippen LogP contribution is -2.12. The molecule has 116 valence electrons. The van der Waals surface area contributed by atoms with E-state index >= 15 is 0 Å². The third kappa shape index (κ3) is 4.12. The molecule has 2 aromatic carbocycles. The Labute approximate surface area is 128 Å². The summed E-state index contributed by atoms with van der Waals surface area (Å²) in [7, 11) is 3.08. The van der Waals surface area contributed by atoms with Crippen LogP contribution in [0.5, 0.6) is 0 Å². The fourth-order valence-electron chi connectivity index (χ4n) is 1.94. The van der Waals surface area contributed by atoms with Crippen molar-refractivity contribution in [3.8, 4) is 0 Å². The van der Waals surface area contributed by atoms with Crippen molar-refractivity contribution in [2.45, 2.75) is 6.54 Å². The van der Waals surface area contributed by atoms with Crippen LogP contribution in [0.15, 0.2) is 42.5 Å². The van der Waals surface area contributed by atoms with Crippen molar-refractivity contribution >= 4 is 23.2 Å². The van der Waals surface area contributed by atoms with Gasteiger partial charge < -0.3 is 15.4 Å². The van der Waals surface area contributed by atoms with Crippen molar-refractivity contribution in [3.63, 3.8) is 0 Å². The molecule has 5 nitrogen and oxygen atoms in total. The Hall–Kier alpha value is -2.76. The zero-order chi connectivity index (χ0) is 15.9. The molecule has 0 unspecified atom stereocenters. The molecule has 0 spiro atoms. The maximum atomic E-state index is 12.9. The first-order chi connectivity index (χ1) is 10.6. The van der Waals surface area contributed by atoms with Gasteiger partial charge in [-0.2, -0.15) is 0 Å². The highest BCUT2D eigenvalue weighted by atomic mass is 19.1. The highest BCUT2D eigenvalue weighted by Gasteiger charge is 2.06. The normalized spacial score (nSPS) is 9.95. The van der Waals surface area contributed by atoms with Gasteiger partial charge in [0.25, 0.3) is 0 Å². The van der Waals surface area contributed by atoms with E-state index < -0.39 is 6.09 Å². The van der Waals surface area contributed by atoms with Gasteiger partial charge in [0.2, 0.25) is 0 Å². The van der Waals surface area contributed by atoms with Gasteiger partial charge >= 0.3 is 6.09 Å². The van der Waals surface area contributed by atoms with E-state index in [4.69, 9.17) is 0 Å². The molecule has 0 atom stereocenters. The Bertz CT molecular complexity index is 644. The van der Waals surface area contributed by atoms with Crippen LogP contribution in [-0.2, 0) is 11.3 Å². The summed E-state index contributed by atoms with van der Waals surface area (Å²) in [6, 6.07) is 11.8. The zero-order valence-electron chi connectivity index (χ0n) is 12.4. The highest BCUT2D eigenvalue weighted by molar-refractivity contribution is 5.90. The van der Waals surface area contributed by atoms with E-state index in [-0.39, 0.29) is 5.82 Å². The molecule has 1 amide bonds. The van der Waals surface area contributed by atoms with Crippen LogP contribution in [0.3, 0.4) is 0 Å². The van der Waals surface area contributed by atoms with Crippen LogP contribution in [0.4, 0.5) is 26.2 Å². The molecule has 0 aromatic heterocycles. The Morgan fingerprint density at radius 1 is 1.14 bits per heavy atom. The van der Waals surface area contributed by atoms with Gasteiger partial charge in [0.05, 0.1) is 18.5 Å². The van der Waals surface area contributed by atoms with Crippen molar-refractivity contribution < 1.29 is 13.9 Å². The number of amides is 1. The molecule has 0 aliphatic carbocycles. The maximum Gasteiger partial charge on any atom is 0.411 e. The van der Waals surface area contributed by atoms with Crippen LogP contribution >= 0.6 is 0 Å². The Morgan fingerprint density at radius 3 is 2.50 bits per heavy atom. The largest absolute Gasteiger partial charge is 0.453 e. The van der Waals surface area contributed by atoms with Gasteiger partial charge in [-0.05, 0) is 35.9 Å². The van der Waals surface area contributed by atoms with Gasteiger partial charge in [0.15, 0.2) is 0 Å². The molecule has 2 rings (SSSR count). The van der Waals surface area contributed by atoms with Gasteiger partial charge in [-0.1, -0.05) is 12.1 Å². The van der Waals surface area contributed by atoms with Gasteiger partial charge in [-0.25, -0.2) is 9.18 Å². The average Bonchev–Trinajstić information content (AvgIpc) is 2.55. The second-order valence-electron chi connectivity index (χ2n) is 4.61. The SMILES string of the molecule is CNc1cc(NCc2ccc(F)cc2)ccc1NC(=O)OC. The summed E-state index contributed by atoms with van der Waals surface area (Å²) in [5, 5.41) is 8.88. The van der Waals surface area contributed by atoms with Crippen molar-refractivity contribution in [1.82, 2.24) is 0 Å². The van der Waals surface area contributed by atoms with Crippen LogP contribution < -0.4 is 16.0 Å². The number of halogens is 1. The monoisotopic (exact) mass is 303 g/mol. The lowest BCUT2D eigenvalue weighted by molar-refractivity contribution is 0.187. The summed E-state index contributed by atoms with van der Waals surface area (Å²) < 4.78 is 17.4. The smallest absolute Gasteiger partial charge is 0.411 e. The number of ether oxygens (including phenoxy) is 1. The van der Waals surface area contributed by atoms with Crippen LogP contribution in [0, 0.1) is 5.82 Å². The predicted molar refractivity (Wildman–Crippen MR) is 85.7 cm³/mol. The van der Waals surface area contributed by atoms with E-state index in [0.717, 1.165) is 16.9 Å². The molecule has 0 bridgehead atoms. The minimum Gasteiger partial charge on any atom is -0.453 e. The summed E-state index contributed by atoms with van der Waals surface area (Å²) in [5.74, 6) is -0.251. The van der Waals surface area contributed by atoms with E-state index in [0.29, 0.717) is 12.2 Å². The molecule has 0 fully saturated rings. The molecule has 22 heavy (non-hydrogen) atoms. The van der Waals surface area contributed by atoms with E-state index in [9.17, 15) is 9.18 Å². The molecule has 0 aliphatic rings. The number of rotatable bonds is 5. The van der Waals surface area contributed by atoms with E-state index in [1.165, 1.54) is 19.2 Å². The standard InChI is InChI=1S/C16H18FN3O2/c1-18-15-9-13(7-8-14(15)20-16(21)22-2)19-10-11-3-5-12(17)6-4-11/h3-9,18-19H,10H2,1-2H3,(H,20,21). The third-order valence-corrected chi connectivity index (χ3v) is 3.12. The number of hydrogen-bond acceptors (Lipinski definition) is 4. The number of carbonyl (C=O) groups excluding carboxylic acids is 1. The number of methoxy groups -OCH3 is 1. The van der Waals surface area contributed by atoms with Gasteiger partial charge in [0, 0.05) is 19.3 Å². The number of anilines is 3. The first-order valence-corrected chi connectivity index (χ1v) is 6.77. The lowest BCUT2D eigenvalue weighted by atomic mass is 10.2. The van der Waals surface area contributed by atoms with Crippen LogP contribution in [0.25, 0.3) is 0 Å². The minimum atomic E-state index is -0.525. The molecule has 3 N–H and O–H groups in total. The number of nitrogens with one attached hydrogen (secondary N) is 3. The lowest BCUT2D eigenvalue weighted by Gasteiger charge is -2.13. The molecular formula is C16H18FN3O2. The summed E-state index contributed by atoms with van der Waals surface area (Å²) >= 11 is 0. The molecule has 6 heteroatoms. The van der Waals surface area contributed by atoms with Gasteiger partial charge in [0.1, 0.15) is 5.82 Å². The third-order valence-electron chi connectivity index (χ3n) is 3.12. The quantitative estimate of drug-likeness (QED) is 0.789. The number of carbonyl (C=O) groups is 1. The molecule has 0 heterocycles. The minimum absolute atomic E-state index is 0.251. The number of benzene rings is 2. The molecule has 0 saturated carbocycles. The fraction of sp³-hybridized carbons (Fsp3) is 0.188. The summed E-state index contributed by atoms with van der Waals surface area (Å²) in [4.78, 5) is 11.3.